The number of carbonyl (C=O) groups is 2. The second kappa shape index (κ2) is 6.45. The smallest absolute Gasteiger partial charge is 0.273 e. The van der Waals surface area contributed by atoms with Gasteiger partial charge in [0.15, 0.2) is 0 Å². The molecule has 7 heteroatoms. The summed E-state index contributed by atoms with van der Waals surface area (Å²) in [5.74, 6) is -1.14. The molecule has 0 saturated carbocycles. The number of carbonyl (C=O) groups excluding carboxylic acids is 2. The van der Waals surface area contributed by atoms with Crippen LogP contribution >= 0.6 is 11.3 Å². The van der Waals surface area contributed by atoms with Crippen LogP contribution in [0.1, 0.15) is 27.5 Å². The van der Waals surface area contributed by atoms with Crippen molar-refractivity contribution in [3.05, 3.63) is 51.7 Å². The maximum absolute atomic E-state index is 13.7. The van der Waals surface area contributed by atoms with Crippen LogP contribution in [0.4, 0.5) is 4.39 Å². The van der Waals surface area contributed by atoms with E-state index in [9.17, 15) is 14.0 Å². The van der Waals surface area contributed by atoms with Gasteiger partial charge >= 0.3 is 0 Å². The van der Waals surface area contributed by atoms with Gasteiger partial charge in [-0.1, -0.05) is 18.2 Å². The van der Waals surface area contributed by atoms with Gasteiger partial charge in [0, 0.05) is 24.9 Å². The van der Waals surface area contributed by atoms with Gasteiger partial charge in [-0.05, 0) is 18.1 Å². The van der Waals surface area contributed by atoms with Gasteiger partial charge in [0.1, 0.15) is 11.5 Å². The van der Waals surface area contributed by atoms with E-state index in [-0.39, 0.29) is 23.5 Å². The molecule has 1 atom stereocenters. The molecule has 0 spiro atoms. The van der Waals surface area contributed by atoms with Crippen molar-refractivity contribution in [3.8, 4) is 0 Å². The van der Waals surface area contributed by atoms with Crippen molar-refractivity contribution in [3.63, 3.8) is 0 Å². The summed E-state index contributed by atoms with van der Waals surface area (Å²) in [6.07, 6.45) is 0.946. The van der Waals surface area contributed by atoms with Gasteiger partial charge in [0.2, 0.25) is 5.91 Å². The lowest BCUT2D eigenvalue weighted by Crippen LogP contribution is -2.31. The molecule has 5 nitrogen and oxygen atoms in total. The van der Waals surface area contributed by atoms with Gasteiger partial charge in [-0.3, -0.25) is 9.59 Å². The van der Waals surface area contributed by atoms with Crippen LogP contribution in [-0.2, 0) is 11.2 Å². The maximum Gasteiger partial charge on any atom is 0.273 e. The first-order valence-corrected chi connectivity index (χ1v) is 8.19. The van der Waals surface area contributed by atoms with Gasteiger partial charge in [-0.25, -0.2) is 9.37 Å². The van der Waals surface area contributed by atoms with Crippen LogP contribution in [0.3, 0.4) is 0 Å². The average Bonchev–Trinajstić information content (AvgIpc) is 3.18. The number of aromatic nitrogens is 1. The van der Waals surface area contributed by atoms with E-state index in [1.807, 2.05) is 0 Å². The highest BCUT2D eigenvalue weighted by atomic mass is 32.1. The van der Waals surface area contributed by atoms with E-state index in [0.717, 1.165) is 0 Å². The van der Waals surface area contributed by atoms with Crippen molar-refractivity contribution in [2.24, 2.45) is 11.7 Å². The van der Waals surface area contributed by atoms with Crippen LogP contribution in [-0.4, -0.2) is 34.8 Å². The van der Waals surface area contributed by atoms with E-state index >= 15 is 0 Å². The third-order valence-electron chi connectivity index (χ3n) is 3.95. The number of nitrogens with zero attached hydrogens (tertiary/aromatic N) is 2. The predicted octanol–water partition coefficient (Wildman–Crippen LogP) is 1.82. The highest BCUT2D eigenvalue weighted by Crippen LogP contribution is 2.21. The van der Waals surface area contributed by atoms with E-state index in [1.165, 1.54) is 17.4 Å². The molecule has 0 unspecified atom stereocenters. The number of benzene rings is 1. The Balaban J connectivity index is 1.69. The lowest BCUT2D eigenvalue weighted by atomic mass is 10.1. The van der Waals surface area contributed by atoms with E-state index in [4.69, 9.17) is 5.73 Å². The van der Waals surface area contributed by atoms with E-state index < -0.39 is 0 Å². The lowest BCUT2D eigenvalue weighted by molar-refractivity contribution is -0.121. The molecule has 23 heavy (non-hydrogen) atoms. The Kier molecular flexibility index (Phi) is 4.38. The highest BCUT2D eigenvalue weighted by Gasteiger charge is 2.31. The van der Waals surface area contributed by atoms with Crippen molar-refractivity contribution in [2.75, 3.05) is 13.1 Å². The molecule has 1 aliphatic rings. The first-order valence-electron chi connectivity index (χ1n) is 7.31. The van der Waals surface area contributed by atoms with Gasteiger partial charge in [-0.15, -0.1) is 11.3 Å². The Hall–Kier alpha value is -2.28. The fraction of sp³-hybridized carbons (Fsp3) is 0.312. The van der Waals surface area contributed by atoms with Gasteiger partial charge in [0.05, 0.1) is 10.9 Å². The van der Waals surface area contributed by atoms with Gasteiger partial charge in [0.25, 0.3) is 5.91 Å². The zero-order valence-electron chi connectivity index (χ0n) is 12.4. The summed E-state index contributed by atoms with van der Waals surface area (Å²) in [5.41, 5.74) is 6.17. The molecule has 2 heterocycles. The Morgan fingerprint density at radius 3 is 2.87 bits per heavy atom. The molecule has 3 rings (SSSR count). The first-order chi connectivity index (χ1) is 11.0. The number of likely N-dealkylation sites (tertiary alicyclic amines) is 1. The molecule has 2 aromatic rings. The zero-order valence-corrected chi connectivity index (χ0v) is 13.2. The van der Waals surface area contributed by atoms with Crippen molar-refractivity contribution in [1.29, 1.82) is 0 Å². The molecular weight excluding hydrogens is 317 g/mol. The lowest BCUT2D eigenvalue weighted by Gasteiger charge is -2.14. The number of amides is 2. The number of halogens is 1. The van der Waals surface area contributed by atoms with E-state index in [2.05, 4.69) is 4.98 Å². The molecule has 0 aliphatic carbocycles. The molecular formula is C16H16FN3O2S. The summed E-state index contributed by atoms with van der Waals surface area (Å²) in [6.45, 7) is 0.848. The summed E-state index contributed by atoms with van der Waals surface area (Å²) >= 11 is 1.33. The van der Waals surface area contributed by atoms with Crippen molar-refractivity contribution >= 4 is 23.2 Å². The largest absolute Gasteiger partial charge is 0.369 e. The minimum atomic E-state index is -0.376. The highest BCUT2D eigenvalue weighted by molar-refractivity contribution is 7.09. The molecule has 0 bridgehead atoms. The first kappa shape index (κ1) is 15.6. The van der Waals surface area contributed by atoms with Gasteiger partial charge in [-0.2, -0.15) is 0 Å². The van der Waals surface area contributed by atoms with Crippen LogP contribution in [0.5, 0.6) is 0 Å². The van der Waals surface area contributed by atoms with E-state index in [1.54, 1.807) is 28.5 Å². The Labute approximate surface area is 136 Å². The second-order valence-electron chi connectivity index (χ2n) is 5.53. The predicted molar refractivity (Wildman–Crippen MR) is 84.5 cm³/mol. The number of thiazole rings is 1. The minimum absolute atomic E-state index is 0.204. The molecule has 1 aromatic carbocycles. The van der Waals surface area contributed by atoms with E-state index in [0.29, 0.717) is 42.2 Å². The Morgan fingerprint density at radius 1 is 1.39 bits per heavy atom. The summed E-state index contributed by atoms with van der Waals surface area (Å²) in [5, 5.41) is 2.36. The molecule has 1 saturated heterocycles. The van der Waals surface area contributed by atoms with Crippen LogP contribution in [0, 0.1) is 11.7 Å². The molecule has 2 N–H and O–H groups in total. The minimum Gasteiger partial charge on any atom is -0.369 e. The summed E-state index contributed by atoms with van der Waals surface area (Å²) in [4.78, 5) is 29.5. The topological polar surface area (TPSA) is 76.3 Å². The standard InChI is InChI=1S/C16H16FN3O2S/c17-12-4-2-1-3-10(12)7-14-19-13(9-23-14)16(22)20-6-5-11(8-20)15(18)21/h1-4,9,11H,5-8H2,(H2,18,21)/t11-/m0/s1. The van der Waals surface area contributed by atoms with Crippen LogP contribution in [0.2, 0.25) is 0 Å². The molecule has 120 valence electrons. The maximum atomic E-state index is 13.7. The third-order valence-corrected chi connectivity index (χ3v) is 4.80. The average molecular weight is 333 g/mol. The van der Waals surface area contributed by atoms with Crippen LogP contribution in [0.15, 0.2) is 29.6 Å². The molecule has 1 aromatic heterocycles. The summed E-state index contributed by atoms with van der Waals surface area (Å²) in [6, 6.07) is 6.52. The fourth-order valence-electron chi connectivity index (χ4n) is 2.63. The molecule has 1 aliphatic heterocycles. The summed E-state index contributed by atoms with van der Waals surface area (Å²) in [7, 11) is 0. The van der Waals surface area contributed by atoms with Crippen molar-refractivity contribution < 1.29 is 14.0 Å². The third kappa shape index (κ3) is 3.39. The number of hydrogen-bond donors (Lipinski definition) is 1. The monoisotopic (exact) mass is 333 g/mol. The second-order valence-corrected chi connectivity index (χ2v) is 6.48. The van der Waals surface area contributed by atoms with Crippen LogP contribution < -0.4 is 5.73 Å². The SMILES string of the molecule is NC(=O)[C@H]1CCN(C(=O)c2csc(Cc3ccccc3F)n2)C1. The fourth-order valence-corrected chi connectivity index (χ4v) is 3.43. The number of rotatable bonds is 4. The summed E-state index contributed by atoms with van der Waals surface area (Å²) < 4.78 is 13.7. The molecule has 2 amide bonds. The van der Waals surface area contributed by atoms with Gasteiger partial charge < -0.3 is 10.6 Å². The number of hydrogen-bond acceptors (Lipinski definition) is 4. The van der Waals surface area contributed by atoms with Crippen molar-refractivity contribution in [1.82, 2.24) is 9.88 Å². The Morgan fingerprint density at radius 2 is 2.17 bits per heavy atom. The number of nitrogens with two attached hydrogens (primary N) is 1. The zero-order chi connectivity index (χ0) is 16.4. The Bertz CT molecular complexity index is 746. The molecule has 1 fully saturated rings. The molecule has 0 radical (unpaired) electrons. The number of primary amides is 1. The van der Waals surface area contributed by atoms with Crippen molar-refractivity contribution in [2.45, 2.75) is 12.8 Å². The normalized spacial score (nSPS) is 17.4. The quantitative estimate of drug-likeness (QED) is 0.927. The van der Waals surface area contributed by atoms with Crippen LogP contribution in [0.25, 0.3) is 0 Å².